The standard InChI is InChI=1S/C8H11N3O2/c1-11(2-3-12)8-6(5-9)4-7(10)13-8/h4,12H,2-3,10H2,1H3. The highest BCUT2D eigenvalue weighted by atomic mass is 16.4. The van der Waals surface area contributed by atoms with Crippen molar-refractivity contribution in [3.8, 4) is 6.07 Å². The van der Waals surface area contributed by atoms with Gasteiger partial charge >= 0.3 is 0 Å². The normalized spacial score (nSPS) is 9.62. The maximum atomic E-state index is 8.69. The molecular formula is C8H11N3O2. The first kappa shape index (κ1) is 9.42. The minimum Gasteiger partial charge on any atom is -0.424 e. The number of aliphatic hydroxyl groups excluding tert-OH is 1. The molecule has 0 fully saturated rings. The van der Waals surface area contributed by atoms with Crippen LogP contribution in [0, 0.1) is 11.3 Å². The summed E-state index contributed by atoms with van der Waals surface area (Å²) in [5.41, 5.74) is 5.76. The summed E-state index contributed by atoms with van der Waals surface area (Å²) in [7, 11) is 1.72. The summed E-state index contributed by atoms with van der Waals surface area (Å²) in [6.07, 6.45) is 0. The van der Waals surface area contributed by atoms with Crippen LogP contribution >= 0.6 is 0 Å². The van der Waals surface area contributed by atoms with Gasteiger partial charge in [-0.25, -0.2) is 0 Å². The van der Waals surface area contributed by atoms with Gasteiger partial charge in [0.15, 0.2) is 5.88 Å². The lowest BCUT2D eigenvalue weighted by Gasteiger charge is -2.13. The van der Waals surface area contributed by atoms with Crippen LogP contribution in [0.2, 0.25) is 0 Å². The highest BCUT2D eigenvalue weighted by molar-refractivity contribution is 5.56. The molecule has 0 amide bonds. The number of nitrogens with zero attached hydrogens (tertiary/aromatic N) is 2. The van der Waals surface area contributed by atoms with E-state index in [4.69, 9.17) is 20.5 Å². The molecule has 1 rings (SSSR count). The Balaban J connectivity index is 2.93. The number of aliphatic hydroxyl groups is 1. The molecule has 5 heteroatoms. The summed E-state index contributed by atoms with van der Waals surface area (Å²) < 4.78 is 5.09. The van der Waals surface area contributed by atoms with Gasteiger partial charge in [-0.15, -0.1) is 0 Å². The molecule has 0 aliphatic heterocycles. The Morgan fingerprint density at radius 1 is 1.77 bits per heavy atom. The van der Waals surface area contributed by atoms with E-state index in [2.05, 4.69) is 0 Å². The third-order valence-electron chi connectivity index (χ3n) is 1.63. The molecule has 70 valence electrons. The predicted octanol–water partition coefficient (Wildman–Crippen LogP) is 0.162. The fourth-order valence-corrected chi connectivity index (χ4v) is 1.02. The molecule has 0 unspecified atom stereocenters. The van der Waals surface area contributed by atoms with Gasteiger partial charge in [-0.3, -0.25) is 0 Å². The summed E-state index contributed by atoms with van der Waals surface area (Å²) in [6.45, 7) is 0.406. The Hall–Kier alpha value is -1.67. The van der Waals surface area contributed by atoms with Crippen molar-refractivity contribution >= 4 is 11.8 Å². The molecule has 0 atom stereocenters. The molecule has 0 saturated heterocycles. The smallest absolute Gasteiger partial charge is 0.215 e. The third-order valence-corrected chi connectivity index (χ3v) is 1.63. The molecule has 1 aromatic heterocycles. The van der Waals surface area contributed by atoms with Crippen LogP contribution in [0.4, 0.5) is 11.8 Å². The molecule has 0 bridgehead atoms. The fraction of sp³-hybridized carbons (Fsp3) is 0.375. The Kier molecular flexibility index (Phi) is 2.77. The van der Waals surface area contributed by atoms with E-state index in [-0.39, 0.29) is 12.5 Å². The van der Waals surface area contributed by atoms with E-state index >= 15 is 0 Å². The number of nitrogen functional groups attached to an aromatic ring is 1. The second kappa shape index (κ2) is 3.83. The van der Waals surface area contributed by atoms with E-state index in [9.17, 15) is 0 Å². The zero-order chi connectivity index (χ0) is 9.84. The molecule has 1 heterocycles. The van der Waals surface area contributed by atoms with E-state index in [1.807, 2.05) is 6.07 Å². The molecule has 0 aliphatic carbocycles. The third kappa shape index (κ3) is 1.92. The quantitative estimate of drug-likeness (QED) is 0.693. The Bertz CT molecular complexity index is 327. The van der Waals surface area contributed by atoms with E-state index in [0.29, 0.717) is 18.0 Å². The predicted molar refractivity (Wildman–Crippen MR) is 48.2 cm³/mol. The Labute approximate surface area is 76.0 Å². The zero-order valence-electron chi connectivity index (χ0n) is 7.32. The monoisotopic (exact) mass is 181 g/mol. The first-order valence-corrected chi connectivity index (χ1v) is 3.80. The number of hydrogen-bond acceptors (Lipinski definition) is 5. The summed E-state index contributed by atoms with van der Waals surface area (Å²) >= 11 is 0. The Morgan fingerprint density at radius 2 is 2.46 bits per heavy atom. The topological polar surface area (TPSA) is 86.4 Å². The number of nitriles is 1. The average molecular weight is 181 g/mol. The average Bonchev–Trinajstić information content (AvgIpc) is 2.47. The van der Waals surface area contributed by atoms with Crippen molar-refractivity contribution in [1.82, 2.24) is 0 Å². The maximum Gasteiger partial charge on any atom is 0.215 e. The molecule has 1 aromatic rings. The van der Waals surface area contributed by atoms with Crippen LogP contribution in [0.3, 0.4) is 0 Å². The van der Waals surface area contributed by atoms with E-state index in [1.54, 1.807) is 11.9 Å². The number of rotatable bonds is 3. The molecule has 3 N–H and O–H groups in total. The van der Waals surface area contributed by atoms with Gasteiger partial charge in [-0.1, -0.05) is 0 Å². The SMILES string of the molecule is CN(CCO)c1oc(N)cc1C#N. The van der Waals surface area contributed by atoms with Crippen LogP contribution in [0.1, 0.15) is 5.56 Å². The van der Waals surface area contributed by atoms with E-state index < -0.39 is 0 Å². The van der Waals surface area contributed by atoms with E-state index in [1.165, 1.54) is 6.07 Å². The molecular weight excluding hydrogens is 170 g/mol. The van der Waals surface area contributed by atoms with Crippen molar-refractivity contribution in [2.45, 2.75) is 0 Å². The van der Waals surface area contributed by atoms with Crippen LogP contribution < -0.4 is 10.6 Å². The lowest BCUT2D eigenvalue weighted by Crippen LogP contribution is -2.21. The van der Waals surface area contributed by atoms with Gasteiger partial charge in [-0.2, -0.15) is 5.26 Å². The molecule has 0 saturated carbocycles. The number of nitrogens with two attached hydrogens (primary N) is 1. The van der Waals surface area contributed by atoms with Gasteiger partial charge in [0.1, 0.15) is 11.6 Å². The van der Waals surface area contributed by atoms with Gasteiger partial charge in [0.2, 0.25) is 5.88 Å². The summed E-state index contributed by atoms with van der Waals surface area (Å²) in [4.78, 5) is 1.63. The zero-order valence-corrected chi connectivity index (χ0v) is 7.32. The first-order valence-electron chi connectivity index (χ1n) is 3.80. The number of furan rings is 1. The second-order valence-corrected chi connectivity index (χ2v) is 2.62. The largest absolute Gasteiger partial charge is 0.424 e. The first-order chi connectivity index (χ1) is 6.19. The number of anilines is 2. The summed E-state index contributed by atoms with van der Waals surface area (Å²) in [5, 5.41) is 17.4. The van der Waals surface area contributed by atoms with Crippen LogP contribution in [-0.4, -0.2) is 25.3 Å². The van der Waals surface area contributed by atoms with Gasteiger partial charge in [-0.05, 0) is 0 Å². The van der Waals surface area contributed by atoms with Crippen molar-refractivity contribution in [1.29, 1.82) is 5.26 Å². The lowest BCUT2D eigenvalue weighted by atomic mass is 10.3. The molecule has 0 radical (unpaired) electrons. The summed E-state index contributed by atoms with van der Waals surface area (Å²) in [6, 6.07) is 3.42. The Morgan fingerprint density at radius 3 is 3.00 bits per heavy atom. The number of likely N-dealkylation sites (N-methyl/N-ethyl adjacent to an activating group) is 1. The van der Waals surface area contributed by atoms with Gasteiger partial charge in [0, 0.05) is 19.7 Å². The van der Waals surface area contributed by atoms with Crippen LogP contribution in [0.5, 0.6) is 0 Å². The van der Waals surface area contributed by atoms with Crippen molar-refractivity contribution < 1.29 is 9.52 Å². The van der Waals surface area contributed by atoms with Crippen molar-refractivity contribution in [2.24, 2.45) is 0 Å². The highest BCUT2D eigenvalue weighted by Gasteiger charge is 2.12. The number of hydrogen-bond donors (Lipinski definition) is 2. The second-order valence-electron chi connectivity index (χ2n) is 2.62. The van der Waals surface area contributed by atoms with Crippen molar-refractivity contribution in [3.63, 3.8) is 0 Å². The van der Waals surface area contributed by atoms with Crippen molar-refractivity contribution in [2.75, 3.05) is 30.8 Å². The fourth-order valence-electron chi connectivity index (χ4n) is 1.02. The van der Waals surface area contributed by atoms with Gasteiger partial charge in [0.25, 0.3) is 0 Å². The van der Waals surface area contributed by atoms with Crippen LogP contribution in [0.25, 0.3) is 0 Å². The molecule has 0 aromatic carbocycles. The van der Waals surface area contributed by atoms with Crippen LogP contribution in [0.15, 0.2) is 10.5 Å². The molecule has 0 spiro atoms. The highest BCUT2D eigenvalue weighted by Crippen LogP contribution is 2.24. The van der Waals surface area contributed by atoms with Crippen molar-refractivity contribution in [3.05, 3.63) is 11.6 Å². The molecule has 13 heavy (non-hydrogen) atoms. The van der Waals surface area contributed by atoms with Gasteiger partial charge < -0.3 is 20.2 Å². The summed E-state index contributed by atoms with van der Waals surface area (Å²) in [5.74, 6) is 0.602. The molecule has 5 nitrogen and oxygen atoms in total. The lowest BCUT2D eigenvalue weighted by molar-refractivity contribution is 0.302. The van der Waals surface area contributed by atoms with E-state index in [0.717, 1.165) is 0 Å². The maximum absolute atomic E-state index is 8.69. The minimum absolute atomic E-state index is 0.00196. The van der Waals surface area contributed by atoms with Crippen LogP contribution in [-0.2, 0) is 0 Å². The molecule has 0 aliphatic rings. The minimum atomic E-state index is 0.00196. The van der Waals surface area contributed by atoms with Gasteiger partial charge in [0.05, 0.1) is 6.61 Å².